The zero-order chi connectivity index (χ0) is 18.2. The Hall–Kier alpha value is -2.04. The number of hydrogen-bond acceptors (Lipinski definition) is 3. The summed E-state index contributed by atoms with van der Waals surface area (Å²) in [4.78, 5) is 25.2. The summed E-state index contributed by atoms with van der Waals surface area (Å²) in [5.74, 6) is 0.679. The zero-order valence-corrected chi connectivity index (χ0v) is 15.5. The first-order valence-electron chi connectivity index (χ1n) is 9.24. The lowest BCUT2D eigenvalue weighted by Crippen LogP contribution is -2.50. The molecule has 2 N–H and O–H groups in total. The predicted molar refractivity (Wildman–Crippen MR) is 98.7 cm³/mol. The molecule has 1 saturated carbocycles. The van der Waals surface area contributed by atoms with Gasteiger partial charge in [0.15, 0.2) is 0 Å². The van der Waals surface area contributed by atoms with Gasteiger partial charge >= 0.3 is 0 Å². The molecule has 1 aliphatic carbocycles. The molecule has 1 atom stereocenters. The molecule has 0 spiro atoms. The molecule has 0 aromatic heterocycles. The number of ether oxygens (including phenoxy) is 1. The van der Waals surface area contributed by atoms with E-state index in [0.29, 0.717) is 23.8 Å². The van der Waals surface area contributed by atoms with Gasteiger partial charge < -0.3 is 15.4 Å². The summed E-state index contributed by atoms with van der Waals surface area (Å²) in [6.07, 6.45) is 6.16. The minimum atomic E-state index is -0.555. The van der Waals surface area contributed by atoms with E-state index < -0.39 is 6.04 Å². The first-order valence-corrected chi connectivity index (χ1v) is 9.24. The smallest absolute Gasteiger partial charge is 0.255 e. The van der Waals surface area contributed by atoms with Crippen LogP contribution in [0.15, 0.2) is 24.3 Å². The molecule has 0 aliphatic heterocycles. The number of amides is 2. The van der Waals surface area contributed by atoms with Crippen molar-refractivity contribution in [1.82, 2.24) is 10.6 Å². The van der Waals surface area contributed by atoms with Crippen LogP contribution in [0.3, 0.4) is 0 Å². The Morgan fingerprint density at radius 2 is 1.84 bits per heavy atom. The summed E-state index contributed by atoms with van der Waals surface area (Å²) >= 11 is 0. The van der Waals surface area contributed by atoms with E-state index in [1.54, 1.807) is 18.2 Å². The SMILES string of the molecule is COc1ccccc1C(=O)N[C@H](C(=O)NCC1CCCCC1)C(C)C. The summed E-state index contributed by atoms with van der Waals surface area (Å²) in [7, 11) is 1.53. The average Bonchev–Trinajstić information content (AvgIpc) is 2.64. The quantitative estimate of drug-likeness (QED) is 0.797. The number of benzene rings is 1. The maximum absolute atomic E-state index is 12.6. The summed E-state index contributed by atoms with van der Waals surface area (Å²) in [5, 5.41) is 5.90. The maximum atomic E-state index is 12.6. The summed E-state index contributed by atoms with van der Waals surface area (Å²) in [5.41, 5.74) is 0.440. The molecule has 0 unspecified atom stereocenters. The average molecular weight is 346 g/mol. The van der Waals surface area contributed by atoms with Crippen LogP contribution in [-0.4, -0.2) is 31.5 Å². The number of nitrogens with one attached hydrogen (secondary N) is 2. The molecular weight excluding hydrogens is 316 g/mol. The van der Waals surface area contributed by atoms with Gasteiger partial charge in [-0.2, -0.15) is 0 Å². The van der Waals surface area contributed by atoms with Crippen molar-refractivity contribution in [3.63, 3.8) is 0 Å². The Morgan fingerprint density at radius 3 is 2.48 bits per heavy atom. The largest absolute Gasteiger partial charge is 0.496 e. The Bertz CT molecular complexity index is 580. The van der Waals surface area contributed by atoms with E-state index in [2.05, 4.69) is 10.6 Å². The molecule has 0 radical (unpaired) electrons. The van der Waals surface area contributed by atoms with Crippen molar-refractivity contribution in [1.29, 1.82) is 0 Å². The minimum Gasteiger partial charge on any atom is -0.496 e. The zero-order valence-electron chi connectivity index (χ0n) is 15.5. The van der Waals surface area contributed by atoms with Crippen molar-refractivity contribution in [3.8, 4) is 5.75 Å². The lowest BCUT2D eigenvalue weighted by molar-refractivity contribution is -0.124. The number of hydrogen-bond donors (Lipinski definition) is 2. The van der Waals surface area contributed by atoms with E-state index >= 15 is 0 Å². The van der Waals surface area contributed by atoms with Crippen LogP contribution in [0.25, 0.3) is 0 Å². The van der Waals surface area contributed by atoms with Crippen LogP contribution in [-0.2, 0) is 4.79 Å². The van der Waals surface area contributed by atoms with Crippen LogP contribution >= 0.6 is 0 Å². The van der Waals surface area contributed by atoms with E-state index in [0.717, 1.165) is 0 Å². The van der Waals surface area contributed by atoms with Crippen molar-refractivity contribution >= 4 is 11.8 Å². The van der Waals surface area contributed by atoms with Gasteiger partial charge in [-0.1, -0.05) is 45.2 Å². The molecule has 1 aliphatic rings. The van der Waals surface area contributed by atoms with Crippen LogP contribution < -0.4 is 15.4 Å². The summed E-state index contributed by atoms with van der Waals surface area (Å²) in [6.45, 7) is 4.58. The molecule has 5 heteroatoms. The first-order chi connectivity index (χ1) is 12.0. The second-order valence-corrected chi connectivity index (χ2v) is 7.14. The third-order valence-corrected chi connectivity index (χ3v) is 4.88. The highest BCUT2D eigenvalue weighted by molar-refractivity contribution is 5.99. The van der Waals surface area contributed by atoms with Crippen molar-refractivity contribution in [2.24, 2.45) is 11.8 Å². The first kappa shape index (κ1) is 19.3. The third kappa shape index (κ3) is 5.48. The Balaban J connectivity index is 1.97. The normalized spacial score (nSPS) is 16.3. The van der Waals surface area contributed by atoms with Gasteiger partial charge in [0.1, 0.15) is 11.8 Å². The number of carbonyl (C=O) groups is 2. The summed E-state index contributed by atoms with van der Waals surface area (Å²) < 4.78 is 5.23. The second-order valence-electron chi connectivity index (χ2n) is 7.14. The lowest BCUT2D eigenvalue weighted by atomic mass is 9.89. The molecular formula is C20H30N2O3. The molecule has 0 bridgehead atoms. The van der Waals surface area contributed by atoms with Crippen LogP contribution in [0.4, 0.5) is 0 Å². The molecule has 25 heavy (non-hydrogen) atoms. The fourth-order valence-electron chi connectivity index (χ4n) is 3.33. The molecule has 2 rings (SSSR count). The van der Waals surface area contributed by atoms with Crippen molar-refractivity contribution < 1.29 is 14.3 Å². The lowest BCUT2D eigenvalue weighted by Gasteiger charge is -2.25. The monoisotopic (exact) mass is 346 g/mol. The van der Waals surface area contributed by atoms with E-state index in [1.807, 2.05) is 19.9 Å². The van der Waals surface area contributed by atoms with Crippen molar-refractivity contribution in [2.75, 3.05) is 13.7 Å². The fourth-order valence-corrected chi connectivity index (χ4v) is 3.33. The van der Waals surface area contributed by atoms with Gasteiger partial charge in [-0.3, -0.25) is 9.59 Å². The molecule has 5 nitrogen and oxygen atoms in total. The highest BCUT2D eigenvalue weighted by Gasteiger charge is 2.26. The second kappa shape index (κ2) is 9.44. The fraction of sp³-hybridized carbons (Fsp3) is 0.600. The van der Waals surface area contributed by atoms with Gasteiger partial charge in [0.05, 0.1) is 12.7 Å². The molecule has 1 fully saturated rings. The maximum Gasteiger partial charge on any atom is 0.255 e. The molecule has 0 saturated heterocycles. The van der Waals surface area contributed by atoms with Crippen LogP contribution in [0.1, 0.15) is 56.3 Å². The van der Waals surface area contributed by atoms with Crippen LogP contribution in [0.2, 0.25) is 0 Å². The van der Waals surface area contributed by atoms with E-state index in [-0.39, 0.29) is 17.7 Å². The van der Waals surface area contributed by atoms with Gasteiger partial charge in [0.25, 0.3) is 5.91 Å². The summed E-state index contributed by atoms with van der Waals surface area (Å²) in [6, 6.07) is 6.48. The van der Waals surface area contributed by atoms with Crippen LogP contribution in [0.5, 0.6) is 5.75 Å². The predicted octanol–water partition coefficient (Wildman–Crippen LogP) is 3.15. The standard InChI is InChI=1S/C20H30N2O3/c1-14(2)18(20(24)21-13-15-9-5-4-6-10-15)22-19(23)16-11-7-8-12-17(16)25-3/h7-8,11-12,14-15,18H,4-6,9-10,13H2,1-3H3,(H,21,24)(H,22,23)/t18-/m0/s1. The molecule has 138 valence electrons. The molecule has 2 amide bonds. The Kier molecular flexibility index (Phi) is 7.29. The molecule has 0 heterocycles. The Morgan fingerprint density at radius 1 is 1.16 bits per heavy atom. The van der Waals surface area contributed by atoms with E-state index in [9.17, 15) is 9.59 Å². The van der Waals surface area contributed by atoms with E-state index in [4.69, 9.17) is 4.74 Å². The van der Waals surface area contributed by atoms with Gasteiger partial charge in [-0.15, -0.1) is 0 Å². The number of carbonyl (C=O) groups excluding carboxylic acids is 2. The highest BCUT2D eigenvalue weighted by atomic mass is 16.5. The van der Waals surface area contributed by atoms with Crippen molar-refractivity contribution in [2.45, 2.75) is 52.0 Å². The van der Waals surface area contributed by atoms with Gasteiger partial charge in [-0.25, -0.2) is 0 Å². The molecule has 1 aromatic carbocycles. The Labute approximate surface area is 150 Å². The molecule has 1 aromatic rings. The number of rotatable bonds is 7. The number of para-hydroxylation sites is 1. The van der Waals surface area contributed by atoms with Gasteiger partial charge in [0.2, 0.25) is 5.91 Å². The third-order valence-electron chi connectivity index (χ3n) is 4.88. The topological polar surface area (TPSA) is 67.4 Å². The van der Waals surface area contributed by atoms with Gasteiger partial charge in [-0.05, 0) is 36.8 Å². The number of methoxy groups -OCH3 is 1. The van der Waals surface area contributed by atoms with Crippen molar-refractivity contribution in [3.05, 3.63) is 29.8 Å². The van der Waals surface area contributed by atoms with E-state index in [1.165, 1.54) is 39.2 Å². The minimum absolute atomic E-state index is 0.00464. The highest BCUT2D eigenvalue weighted by Crippen LogP contribution is 2.23. The van der Waals surface area contributed by atoms with Crippen LogP contribution in [0, 0.1) is 11.8 Å². The van der Waals surface area contributed by atoms with Gasteiger partial charge in [0, 0.05) is 6.54 Å².